The van der Waals surface area contributed by atoms with E-state index >= 15 is 0 Å². The Morgan fingerprint density at radius 2 is 1.78 bits per heavy atom. The van der Waals surface area contributed by atoms with Crippen molar-refractivity contribution in [1.82, 2.24) is 4.90 Å². The first-order valence-electron chi connectivity index (χ1n) is 5.86. The number of hydrogen-bond acceptors (Lipinski definition) is 4. The molecule has 0 saturated heterocycles. The molecule has 1 aliphatic rings. The van der Waals surface area contributed by atoms with Crippen LogP contribution < -0.4 is 0 Å². The Hall–Kier alpha value is -1.72. The molecule has 1 atom stereocenters. The van der Waals surface area contributed by atoms with Gasteiger partial charge in [-0.3, -0.25) is 14.5 Å². The monoisotopic (exact) mass is 249 g/mol. The molecule has 96 valence electrons. The molecule has 0 aromatic heterocycles. The molecule has 2 rings (SSSR count). The zero-order valence-electron chi connectivity index (χ0n) is 10.1. The quantitative estimate of drug-likeness (QED) is 0.779. The summed E-state index contributed by atoms with van der Waals surface area (Å²) in [6, 6.07) is 6.66. The molecule has 1 aromatic carbocycles. The van der Waals surface area contributed by atoms with Gasteiger partial charge in [0.15, 0.2) is 0 Å². The van der Waals surface area contributed by atoms with Crippen molar-refractivity contribution in [2.75, 3.05) is 19.8 Å². The molecule has 0 fully saturated rings. The smallest absolute Gasteiger partial charge is 0.261 e. The van der Waals surface area contributed by atoms with Gasteiger partial charge in [-0.1, -0.05) is 12.1 Å². The molecule has 0 saturated carbocycles. The molecule has 1 heterocycles. The molecule has 1 aliphatic heterocycles. The highest BCUT2D eigenvalue weighted by Crippen LogP contribution is 2.22. The zero-order chi connectivity index (χ0) is 13.1. The lowest BCUT2D eigenvalue weighted by atomic mass is 10.1. The van der Waals surface area contributed by atoms with E-state index < -0.39 is 6.10 Å². The predicted octanol–water partition coefficient (Wildman–Crippen LogP) is 0.680. The van der Waals surface area contributed by atoms with E-state index in [1.54, 1.807) is 24.3 Å². The van der Waals surface area contributed by atoms with E-state index in [-0.39, 0.29) is 25.0 Å². The van der Waals surface area contributed by atoms with Gasteiger partial charge in [-0.05, 0) is 19.1 Å². The number of rotatable bonds is 5. The largest absolute Gasteiger partial charge is 0.389 e. The Kier molecular flexibility index (Phi) is 3.74. The normalized spacial score (nSPS) is 16.0. The van der Waals surface area contributed by atoms with E-state index in [9.17, 15) is 14.7 Å². The van der Waals surface area contributed by atoms with Gasteiger partial charge in [0.05, 0.1) is 30.4 Å². The van der Waals surface area contributed by atoms with Crippen molar-refractivity contribution in [2.45, 2.75) is 13.0 Å². The number of aliphatic hydroxyl groups excluding tert-OH is 1. The van der Waals surface area contributed by atoms with Gasteiger partial charge in [0.1, 0.15) is 0 Å². The van der Waals surface area contributed by atoms with Crippen LogP contribution in [0.5, 0.6) is 0 Å². The Balaban J connectivity index is 2.09. The molecule has 1 aromatic rings. The lowest BCUT2D eigenvalue weighted by Gasteiger charge is -2.18. The molecule has 1 N–H and O–H groups in total. The molecular formula is C13H15NO4. The SMILES string of the molecule is CCOC[C@@H](O)CN1C(=O)c2ccccc2C1=O. The number of fused-ring (bicyclic) bond motifs is 1. The Morgan fingerprint density at radius 1 is 1.22 bits per heavy atom. The van der Waals surface area contributed by atoms with Crippen LogP contribution in [0.4, 0.5) is 0 Å². The summed E-state index contributed by atoms with van der Waals surface area (Å²) >= 11 is 0. The fourth-order valence-electron chi connectivity index (χ4n) is 1.92. The van der Waals surface area contributed by atoms with Crippen molar-refractivity contribution in [1.29, 1.82) is 0 Å². The van der Waals surface area contributed by atoms with Gasteiger partial charge < -0.3 is 9.84 Å². The Bertz CT molecular complexity index is 437. The summed E-state index contributed by atoms with van der Waals surface area (Å²) in [5.74, 6) is -0.711. The van der Waals surface area contributed by atoms with Gasteiger partial charge in [0, 0.05) is 6.61 Å². The van der Waals surface area contributed by atoms with E-state index in [1.165, 1.54) is 0 Å². The molecule has 5 heteroatoms. The fourth-order valence-corrected chi connectivity index (χ4v) is 1.92. The maximum Gasteiger partial charge on any atom is 0.261 e. The first-order valence-corrected chi connectivity index (χ1v) is 5.86. The molecule has 0 unspecified atom stereocenters. The van der Waals surface area contributed by atoms with Crippen molar-refractivity contribution in [3.63, 3.8) is 0 Å². The second kappa shape index (κ2) is 5.29. The van der Waals surface area contributed by atoms with Gasteiger partial charge in [0.2, 0.25) is 0 Å². The van der Waals surface area contributed by atoms with E-state index in [1.807, 2.05) is 6.92 Å². The van der Waals surface area contributed by atoms with E-state index in [4.69, 9.17) is 4.74 Å². The molecule has 0 aliphatic carbocycles. The third-order valence-corrected chi connectivity index (χ3v) is 2.79. The molecule has 5 nitrogen and oxygen atoms in total. The van der Waals surface area contributed by atoms with E-state index in [2.05, 4.69) is 0 Å². The van der Waals surface area contributed by atoms with Crippen LogP contribution in [-0.4, -0.2) is 47.7 Å². The molecule has 2 amide bonds. The number of carbonyl (C=O) groups is 2. The van der Waals surface area contributed by atoms with E-state index in [0.717, 1.165) is 4.90 Å². The summed E-state index contributed by atoms with van der Waals surface area (Å²) in [5.41, 5.74) is 0.789. The van der Waals surface area contributed by atoms with Gasteiger partial charge in [-0.15, -0.1) is 0 Å². The highest BCUT2D eigenvalue weighted by atomic mass is 16.5. The number of hydrogen-bond donors (Lipinski definition) is 1. The van der Waals surface area contributed by atoms with Crippen LogP contribution in [0.1, 0.15) is 27.6 Å². The number of imide groups is 1. The van der Waals surface area contributed by atoms with Crippen molar-refractivity contribution < 1.29 is 19.4 Å². The minimum Gasteiger partial charge on any atom is -0.389 e. The third-order valence-electron chi connectivity index (χ3n) is 2.79. The first-order chi connectivity index (χ1) is 8.65. The van der Waals surface area contributed by atoms with Crippen LogP contribution in [0.2, 0.25) is 0 Å². The summed E-state index contributed by atoms with van der Waals surface area (Å²) < 4.78 is 5.05. The topological polar surface area (TPSA) is 66.8 Å². The number of amides is 2. The second-order valence-electron chi connectivity index (χ2n) is 4.08. The minimum atomic E-state index is -0.854. The number of aliphatic hydroxyl groups is 1. The van der Waals surface area contributed by atoms with Crippen LogP contribution in [0.3, 0.4) is 0 Å². The van der Waals surface area contributed by atoms with Gasteiger partial charge in [-0.2, -0.15) is 0 Å². The van der Waals surface area contributed by atoms with Crippen molar-refractivity contribution in [2.24, 2.45) is 0 Å². The van der Waals surface area contributed by atoms with Crippen LogP contribution in [0.25, 0.3) is 0 Å². The second-order valence-corrected chi connectivity index (χ2v) is 4.08. The maximum atomic E-state index is 12.0. The number of carbonyl (C=O) groups excluding carboxylic acids is 2. The first kappa shape index (κ1) is 12.7. The van der Waals surface area contributed by atoms with Gasteiger partial charge >= 0.3 is 0 Å². The maximum absolute atomic E-state index is 12.0. The van der Waals surface area contributed by atoms with Gasteiger partial charge in [-0.25, -0.2) is 0 Å². The molecular weight excluding hydrogens is 234 g/mol. The fraction of sp³-hybridized carbons (Fsp3) is 0.385. The molecule has 0 radical (unpaired) electrons. The third kappa shape index (κ3) is 2.27. The average molecular weight is 249 g/mol. The minimum absolute atomic E-state index is 0.0354. The number of benzene rings is 1. The Labute approximate surface area is 105 Å². The predicted molar refractivity (Wildman–Crippen MR) is 64.3 cm³/mol. The summed E-state index contributed by atoms with van der Waals surface area (Å²) in [5, 5.41) is 9.68. The lowest BCUT2D eigenvalue weighted by Crippen LogP contribution is -2.38. The van der Waals surface area contributed by atoms with Crippen LogP contribution >= 0.6 is 0 Å². The molecule has 0 spiro atoms. The zero-order valence-corrected chi connectivity index (χ0v) is 10.1. The highest BCUT2D eigenvalue weighted by molar-refractivity contribution is 6.21. The molecule has 0 bridgehead atoms. The number of ether oxygens (including phenoxy) is 1. The number of β-amino-alcohol motifs (C(OH)–C–C–N with tert-alkyl or cyclic N) is 1. The summed E-state index contributed by atoms with van der Waals surface area (Å²) in [4.78, 5) is 25.0. The lowest BCUT2D eigenvalue weighted by molar-refractivity contribution is 0.0212. The van der Waals surface area contributed by atoms with Crippen molar-refractivity contribution in [3.8, 4) is 0 Å². The van der Waals surface area contributed by atoms with Crippen LogP contribution in [0, 0.1) is 0 Å². The number of nitrogens with zero attached hydrogens (tertiary/aromatic N) is 1. The standard InChI is InChI=1S/C13H15NO4/c1-2-18-8-9(15)7-14-12(16)10-5-3-4-6-11(10)13(14)17/h3-6,9,15H,2,7-8H2,1H3/t9-/m0/s1. The summed E-state index contributed by atoms with van der Waals surface area (Å²) in [6.45, 7) is 2.38. The van der Waals surface area contributed by atoms with Crippen LogP contribution in [-0.2, 0) is 4.74 Å². The van der Waals surface area contributed by atoms with Crippen molar-refractivity contribution in [3.05, 3.63) is 35.4 Å². The van der Waals surface area contributed by atoms with E-state index in [0.29, 0.717) is 17.7 Å². The average Bonchev–Trinajstić information content (AvgIpc) is 2.62. The summed E-state index contributed by atoms with van der Waals surface area (Å²) in [6.07, 6.45) is -0.854. The van der Waals surface area contributed by atoms with Gasteiger partial charge in [0.25, 0.3) is 11.8 Å². The van der Waals surface area contributed by atoms with Crippen molar-refractivity contribution >= 4 is 11.8 Å². The van der Waals surface area contributed by atoms with Crippen LogP contribution in [0.15, 0.2) is 24.3 Å². The molecule has 18 heavy (non-hydrogen) atoms. The highest BCUT2D eigenvalue weighted by Gasteiger charge is 2.35. The summed E-state index contributed by atoms with van der Waals surface area (Å²) in [7, 11) is 0. The Morgan fingerprint density at radius 3 is 2.28 bits per heavy atom.